The van der Waals surface area contributed by atoms with Crippen LogP contribution in [0.4, 0.5) is 0 Å². The van der Waals surface area contributed by atoms with Gasteiger partial charge >= 0.3 is 0 Å². The summed E-state index contributed by atoms with van der Waals surface area (Å²) in [6.07, 6.45) is 1.34. The van der Waals surface area contributed by atoms with Crippen LogP contribution in [0.15, 0.2) is 30.3 Å². The first-order chi connectivity index (χ1) is 6.93. The number of rotatable bonds is 7. The molecule has 0 aliphatic carbocycles. The molecule has 0 bridgehead atoms. The van der Waals surface area contributed by atoms with E-state index in [4.69, 9.17) is 0 Å². The van der Waals surface area contributed by atoms with Crippen molar-refractivity contribution in [1.82, 2.24) is 0 Å². The summed E-state index contributed by atoms with van der Waals surface area (Å²) in [6, 6.07) is 10.7. The summed E-state index contributed by atoms with van der Waals surface area (Å²) in [7, 11) is 0. The third kappa shape index (κ3) is 5.61. The summed E-state index contributed by atoms with van der Waals surface area (Å²) >= 11 is 4.08. The fourth-order valence-electron chi connectivity index (χ4n) is 1.17. The average Bonchev–Trinajstić information content (AvgIpc) is 2.25. The van der Waals surface area contributed by atoms with Gasteiger partial charge in [0.2, 0.25) is 0 Å². The van der Waals surface area contributed by atoms with E-state index in [1.807, 2.05) is 23.5 Å². The molecule has 0 atom stereocenters. The van der Waals surface area contributed by atoms with Crippen molar-refractivity contribution in [3.8, 4) is 0 Å². The van der Waals surface area contributed by atoms with Crippen molar-refractivity contribution in [2.45, 2.75) is 19.1 Å². The predicted molar refractivity (Wildman–Crippen MR) is 70.2 cm³/mol. The number of thioether (sulfide) groups is 2. The van der Waals surface area contributed by atoms with E-state index >= 15 is 0 Å². The third-order valence-corrected chi connectivity index (χ3v) is 3.99. The normalized spacial score (nSPS) is 10.4. The Bertz CT molecular complexity index is 221. The molecule has 0 saturated heterocycles. The monoisotopic (exact) mass is 226 g/mol. The van der Waals surface area contributed by atoms with Crippen LogP contribution < -0.4 is 0 Å². The average molecular weight is 226 g/mol. The van der Waals surface area contributed by atoms with E-state index in [0.717, 1.165) is 5.75 Å². The third-order valence-electron chi connectivity index (χ3n) is 1.89. The standard InChI is InChI=1S/C12H18S2/c1-2-13-9-6-10-14-11-12-7-4-3-5-8-12/h3-5,7-8H,2,6,9-11H2,1H3. The van der Waals surface area contributed by atoms with Gasteiger partial charge < -0.3 is 0 Å². The van der Waals surface area contributed by atoms with Gasteiger partial charge in [-0.05, 0) is 29.2 Å². The van der Waals surface area contributed by atoms with Crippen LogP contribution in [-0.4, -0.2) is 17.3 Å². The highest BCUT2D eigenvalue weighted by atomic mass is 32.2. The Morgan fingerprint density at radius 2 is 1.71 bits per heavy atom. The Morgan fingerprint density at radius 3 is 2.43 bits per heavy atom. The molecule has 2 heteroatoms. The summed E-state index contributed by atoms with van der Waals surface area (Å²) in [5.74, 6) is 5.03. The molecular formula is C12H18S2. The minimum Gasteiger partial charge on any atom is -0.162 e. The molecule has 0 aliphatic heterocycles. The SMILES string of the molecule is CCSCCCSCc1ccccc1. The van der Waals surface area contributed by atoms with Crippen molar-refractivity contribution in [3.63, 3.8) is 0 Å². The van der Waals surface area contributed by atoms with Gasteiger partial charge in [-0.25, -0.2) is 0 Å². The first kappa shape index (κ1) is 12.0. The Hall–Kier alpha value is -0.0800. The lowest BCUT2D eigenvalue weighted by atomic mass is 10.2. The first-order valence-corrected chi connectivity index (χ1v) is 7.44. The van der Waals surface area contributed by atoms with Gasteiger partial charge in [-0.2, -0.15) is 23.5 Å². The molecule has 0 nitrogen and oxygen atoms in total. The van der Waals surface area contributed by atoms with Crippen molar-refractivity contribution in [2.75, 3.05) is 17.3 Å². The van der Waals surface area contributed by atoms with Gasteiger partial charge in [0.1, 0.15) is 0 Å². The van der Waals surface area contributed by atoms with Crippen molar-refractivity contribution >= 4 is 23.5 Å². The van der Waals surface area contributed by atoms with Gasteiger partial charge in [0.25, 0.3) is 0 Å². The van der Waals surface area contributed by atoms with E-state index in [-0.39, 0.29) is 0 Å². The molecule has 0 radical (unpaired) electrons. The molecule has 0 aliphatic rings. The van der Waals surface area contributed by atoms with E-state index in [1.165, 1.54) is 29.2 Å². The van der Waals surface area contributed by atoms with Crippen molar-refractivity contribution in [3.05, 3.63) is 35.9 Å². The molecule has 14 heavy (non-hydrogen) atoms. The van der Waals surface area contributed by atoms with E-state index < -0.39 is 0 Å². The summed E-state index contributed by atoms with van der Waals surface area (Å²) in [5, 5.41) is 0. The highest BCUT2D eigenvalue weighted by Gasteiger charge is 1.92. The molecular weight excluding hydrogens is 208 g/mol. The summed E-state index contributed by atoms with van der Waals surface area (Å²) < 4.78 is 0. The van der Waals surface area contributed by atoms with Crippen LogP contribution in [0.5, 0.6) is 0 Å². The smallest absolute Gasteiger partial charge is 0.0184 e. The first-order valence-electron chi connectivity index (χ1n) is 5.13. The van der Waals surface area contributed by atoms with Crippen LogP contribution >= 0.6 is 23.5 Å². The second-order valence-corrected chi connectivity index (χ2v) is 5.59. The highest BCUT2D eigenvalue weighted by molar-refractivity contribution is 7.99. The zero-order chi connectivity index (χ0) is 10.1. The maximum Gasteiger partial charge on any atom is 0.0184 e. The van der Waals surface area contributed by atoms with Crippen molar-refractivity contribution in [2.24, 2.45) is 0 Å². The van der Waals surface area contributed by atoms with E-state index in [2.05, 4.69) is 37.3 Å². The molecule has 1 aromatic carbocycles. The Balaban J connectivity index is 1.99. The molecule has 0 unspecified atom stereocenters. The molecule has 0 heterocycles. The van der Waals surface area contributed by atoms with Crippen molar-refractivity contribution in [1.29, 1.82) is 0 Å². The van der Waals surface area contributed by atoms with Gasteiger partial charge in [0, 0.05) is 5.75 Å². The molecule has 0 fully saturated rings. The summed E-state index contributed by atoms with van der Waals surface area (Å²) in [5.41, 5.74) is 1.45. The van der Waals surface area contributed by atoms with Gasteiger partial charge in [-0.1, -0.05) is 37.3 Å². The zero-order valence-electron chi connectivity index (χ0n) is 8.74. The van der Waals surface area contributed by atoms with Crippen LogP contribution in [-0.2, 0) is 5.75 Å². The minimum atomic E-state index is 1.16. The van der Waals surface area contributed by atoms with Crippen LogP contribution in [0.1, 0.15) is 18.9 Å². The molecule has 78 valence electrons. The predicted octanol–water partition coefficient (Wildman–Crippen LogP) is 4.06. The van der Waals surface area contributed by atoms with Gasteiger partial charge in [0.15, 0.2) is 0 Å². The molecule has 0 aromatic heterocycles. The van der Waals surface area contributed by atoms with Gasteiger partial charge in [-0.15, -0.1) is 0 Å². The second kappa shape index (κ2) is 8.25. The van der Waals surface area contributed by atoms with Crippen LogP contribution in [0, 0.1) is 0 Å². The molecule has 0 saturated carbocycles. The lowest BCUT2D eigenvalue weighted by Crippen LogP contribution is -1.86. The number of hydrogen-bond acceptors (Lipinski definition) is 2. The van der Waals surface area contributed by atoms with E-state index in [0.29, 0.717) is 0 Å². The molecule has 0 N–H and O–H groups in total. The number of benzene rings is 1. The largest absolute Gasteiger partial charge is 0.162 e. The summed E-state index contributed by atoms with van der Waals surface area (Å²) in [6.45, 7) is 2.22. The maximum absolute atomic E-state index is 2.22. The van der Waals surface area contributed by atoms with E-state index in [9.17, 15) is 0 Å². The van der Waals surface area contributed by atoms with E-state index in [1.54, 1.807) is 0 Å². The highest BCUT2D eigenvalue weighted by Crippen LogP contribution is 2.13. The lowest BCUT2D eigenvalue weighted by molar-refractivity contribution is 1.12. The fraction of sp³-hybridized carbons (Fsp3) is 0.500. The van der Waals surface area contributed by atoms with Crippen LogP contribution in [0.3, 0.4) is 0 Å². The molecule has 1 rings (SSSR count). The van der Waals surface area contributed by atoms with Crippen LogP contribution in [0.25, 0.3) is 0 Å². The Morgan fingerprint density at radius 1 is 1.00 bits per heavy atom. The zero-order valence-corrected chi connectivity index (χ0v) is 10.4. The van der Waals surface area contributed by atoms with Crippen LogP contribution in [0.2, 0.25) is 0 Å². The molecule has 0 spiro atoms. The number of hydrogen-bond donors (Lipinski definition) is 0. The minimum absolute atomic E-state index is 1.16. The fourth-order valence-corrected chi connectivity index (χ4v) is 2.91. The topological polar surface area (TPSA) is 0 Å². The Labute approximate surface area is 95.9 Å². The molecule has 0 amide bonds. The Kier molecular flexibility index (Phi) is 7.06. The van der Waals surface area contributed by atoms with Gasteiger partial charge in [0.05, 0.1) is 0 Å². The maximum atomic E-state index is 2.22. The molecule has 1 aromatic rings. The summed E-state index contributed by atoms with van der Waals surface area (Å²) in [4.78, 5) is 0. The van der Waals surface area contributed by atoms with Crippen molar-refractivity contribution < 1.29 is 0 Å². The quantitative estimate of drug-likeness (QED) is 0.643. The lowest BCUT2D eigenvalue weighted by Gasteiger charge is -2.01. The second-order valence-electron chi connectivity index (χ2n) is 3.09. The van der Waals surface area contributed by atoms with Gasteiger partial charge in [-0.3, -0.25) is 0 Å².